The Kier molecular flexibility index (Phi) is 6.91. The Hall–Kier alpha value is -3.09. The standard InChI is InChI=1S/C30H32BrN2O3/c1-33(20-22-5-4-6-25(31)16-22)13-11-32(12-14-33)26-9-7-21(8-10-26)15-24-17-23-18-28(35-2)29(36-3)19-27(23)30(24)34/h4-10,15-16,18-19H,11-14,17,20H2,1-3H3/q+1/b24-15+. The van der Waals surface area contributed by atoms with Crippen LogP contribution in [0.25, 0.3) is 6.08 Å². The number of nitrogens with zero attached hydrogens (tertiary/aromatic N) is 2. The van der Waals surface area contributed by atoms with Crippen LogP contribution in [0.3, 0.4) is 0 Å². The van der Waals surface area contributed by atoms with Gasteiger partial charge in [0.05, 0.1) is 47.4 Å². The van der Waals surface area contributed by atoms with Gasteiger partial charge in [0.1, 0.15) is 6.54 Å². The van der Waals surface area contributed by atoms with Crippen molar-refractivity contribution in [3.63, 3.8) is 0 Å². The maximum absolute atomic E-state index is 13.0. The molecule has 6 heteroatoms. The van der Waals surface area contributed by atoms with Crippen LogP contribution in [0.1, 0.15) is 27.0 Å². The Labute approximate surface area is 221 Å². The minimum absolute atomic E-state index is 0.0635. The largest absolute Gasteiger partial charge is 0.493 e. The maximum Gasteiger partial charge on any atom is 0.189 e. The predicted molar refractivity (Wildman–Crippen MR) is 148 cm³/mol. The number of allylic oxidation sites excluding steroid dienone is 1. The van der Waals surface area contributed by atoms with Crippen molar-refractivity contribution in [1.29, 1.82) is 0 Å². The van der Waals surface area contributed by atoms with Crippen molar-refractivity contribution >= 4 is 33.5 Å². The van der Waals surface area contributed by atoms with Gasteiger partial charge >= 0.3 is 0 Å². The third-order valence-electron chi connectivity index (χ3n) is 7.40. The Morgan fingerprint density at radius 1 is 0.972 bits per heavy atom. The second kappa shape index (κ2) is 10.1. The van der Waals surface area contributed by atoms with Crippen LogP contribution in [-0.4, -0.2) is 57.7 Å². The van der Waals surface area contributed by atoms with Crippen LogP contribution < -0.4 is 14.4 Å². The second-order valence-electron chi connectivity index (χ2n) is 9.97. The van der Waals surface area contributed by atoms with E-state index in [4.69, 9.17) is 9.47 Å². The maximum atomic E-state index is 13.0. The van der Waals surface area contributed by atoms with E-state index in [0.717, 1.165) is 58.4 Å². The molecule has 0 atom stereocenters. The minimum atomic E-state index is 0.0635. The van der Waals surface area contributed by atoms with Crippen molar-refractivity contribution in [1.82, 2.24) is 0 Å². The number of Topliss-reactive ketones (excluding diaryl/α,β-unsaturated/α-hetero) is 1. The number of halogens is 1. The van der Waals surface area contributed by atoms with Gasteiger partial charge in [-0.25, -0.2) is 0 Å². The lowest BCUT2D eigenvalue weighted by Crippen LogP contribution is -2.56. The summed E-state index contributed by atoms with van der Waals surface area (Å²) in [5.41, 5.74) is 6.14. The fourth-order valence-electron chi connectivity index (χ4n) is 5.28. The number of ketones is 1. The molecule has 5 nitrogen and oxygen atoms in total. The highest BCUT2D eigenvalue weighted by molar-refractivity contribution is 9.10. The first kappa shape index (κ1) is 24.6. The van der Waals surface area contributed by atoms with Crippen molar-refractivity contribution in [2.24, 2.45) is 0 Å². The van der Waals surface area contributed by atoms with Crippen molar-refractivity contribution in [2.45, 2.75) is 13.0 Å². The molecule has 0 N–H and O–H groups in total. The number of fused-ring (bicyclic) bond motifs is 1. The van der Waals surface area contributed by atoms with E-state index in [1.165, 1.54) is 11.3 Å². The molecule has 0 bridgehead atoms. The van der Waals surface area contributed by atoms with E-state index in [0.29, 0.717) is 23.5 Å². The molecule has 1 heterocycles. The van der Waals surface area contributed by atoms with Gasteiger partial charge in [-0.2, -0.15) is 0 Å². The number of piperazine rings is 1. The van der Waals surface area contributed by atoms with Crippen LogP contribution >= 0.6 is 15.9 Å². The van der Waals surface area contributed by atoms with Crippen LogP contribution in [-0.2, 0) is 13.0 Å². The van der Waals surface area contributed by atoms with E-state index in [1.807, 2.05) is 12.1 Å². The van der Waals surface area contributed by atoms with E-state index in [2.05, 4.69) is 76.4 Å². The van der Waals surface area contributed by atoms with Crippen LogP contribution in [0, 0.1) is 0 Å². The molecule has 0 unspecified atom stereocenters. The fraction of sp³-hybridized carbons (Fsp3) is 0.300. The third kappa shape index (κ3) is 5.06. The number of ether oxygens (including phenoxy) is 2. The van der Waals surface area contributed by atoms with Crippen molar-refractivity contribution in [3.05, 3.63) is 93.0 Å². The molecule has 3 aromatic rings. The van der Waals surface area contributed by atoms with E-state index in [1.54, 1.807) is 20.3 Å². The predicted octanol–water partition coefficient (Wildman–Crippen LogP) is 5.76. The Morgan fingerprint density at radius 2 is 1.67 bits per heavy atom. The summed E-state index contributed by atoms with van der Waals surface area (Å²) in [5.74, 6) is 1.30. The second-order valence-corrected chi connectivity index (χ2v) is 10.9. The first-order valence-corrected chi connectivity index (χ1v) is 13.1. The van der Waals surface area contributed by atoms with Gasteiger partial charge in [0.15, 0.2) is 17.3 Å². The summed E-state index contributed by atoms with van der Waals surface area (Å²) in [7, 11) is 5.56. The molecule has 0 aromatic heterocycles. The number of benzene rings is 3. The molecule has 186 valence electrons. The van der Waals surface area contributed by atoms with Gasteiger partial charge in [-0.3, -0.25) is 4.79 Å². The number of carbonyl (C=O) groups excluding carboxylic acids is 1. The molecule has 1 aliphatic carbocycles. The van der Waals surface area contributed by atoms with E-state index in [-0.39, 0.29) is 5.78 Å². The first-order chi connectivity index (χ1) is 17.4. The monoisotopic (exact) mass is 547 g/mol. The average molecular weight is 549 g/mol. The normalized spacial score (nSPS) is 17.8. The number of hydrogen-bond donors (Lipinski definition) is 0. The van der Waals surface area contributed by atoms with Crippen molar-refractivity contribution < 1.29 is 18.8 Å². The average Bonchev–Trinajstić information content (AvgIpc) is 3.18. The molecule has 3 aromatic carbocycles. The lowest BCUT2D eigenvalue weighted by molar-refractivity contribution is -0.923. The summed E-state index contributed by atoms with van der Waals surface area (Å²) >= 11 is 3.59. The van der Waals surface area contributed by atoms with Gasteiger partial charge in [-0.1, -0.05) is 40.2 Å². The van der Waals surface area contributed by atoms with Gasteiger partial charge in [-0.05, 0) is 53.6 Å². The zero-order valence-electron chi connectivity index (χ0n) is 21.1. The molecular weight excluding hydrogens is 516 g/mol. The van der Waals surface area contributed by atoms with Gasteiger partial charge in [0.25, 0.3) is 0 Å². The molecule has 36 heavy (non-hydrogen) atoms. The van der Waals surface area contributed by atoms with Gasteiger partial charge < -0.3 is 18.9 Å². The summed E-state index contributed by atoms with van der Waals surface area (Å²) in [6, 6.07) is 20.9. The Bertz CT molecular complexity index is 1310. The topological polar surface area (TPSA) is 38.8 Å². The summed E-state index contributed by atoms with van der Waals surface area (Å²) in [4.78, 5) is 15.5. The summed E-state index contributed by atoms with van der Waals surface area (Å²) in [6.45, 7) is 5.33. The molecular formula is C30H32BrN2O3+. The van der Waals surface area contributed by atoms with E-state index >= 15 is 0 Å². The summed E-state index contributed by atoms with van der Waals surface area (Å²) in [5, 5.41) is 0. The van der Waals surface area contributed by atoms with Gasteiger partial charge in [0, 0.05) is 33.3 Å². The Balaban J connectivity index is 1.24. The lowest BCUT2D eigenvalue weighted by atomic mass is 10.1. The van der Waals surface area contributed by atoms with Crippen LogP contribution in [0.4, 0.5) is 5.69 Å². The molecule has 5 rings (SSSR count). The molecule has 0 amide bonds. The molecule has 1 saturated heterocycles. The molecule has 1 aliphatic heterocycles. The van der Waals surface area contributed by atoms with Crippen LogP contribution in [0.15, 0.2) is 70.7 Å². The van der Waals surface area contributed by atoms with Crippen LogP contribution in [0.5, 0.6) is 11.5 Å². The van der Waals surface area contributed by atoms with Crippen molar-refractivity contribution in [3.8, 4) is 11.5 Å². The SMILES string of the molecule is COc1cc2c(cc1OC)C(=O)/C(=C/c1ccc(N3CC[N+](C)(Cc4cccc(Br)c4)CC3)cc1)C2. The molecule has 2 aliphatic rings. The number of quaternary nitrogens is 1. The summed E-state index contributed by atoms with van der Waals surface area (Å²) in [6.07, 6.45) is 2.62. The zero-order valence-corrected chi connectivity index (χ0v) is 22.7. The third-order valence-corrected chi connectivity index (χ3v) is 7.89. The molecule has 0 saturated carbocycles. The van der Waals surface area contributed by atoms with E-state index in [9.17, 15) is 4.79 Å². The molecule has 0 radical (unpaired) electrons. The van der Waals surface area contributed by atoms with Gasteiger partial charge in [-0.15, -0.1) is 0 Å². The number of anilines is 1. The molecule has 1 fully saturated rings. The Morgan fingerprint density at radius 3 is 2.33 bits per heavy atom. The number of carbonyl (C=O) groups is 1. The number of rotatable bonds is 6. The first-order valence-electron chi connectivity index (χ1n) is 12.3. The number of methoxy groups -OCH3 is 2. The highest BCUT2D eigenvalue weighted by Gasteiger charge is 2.30. The smallest absolute Gasteiger partial charge is 0.189 e. The zero-order chi connectivity index (χ0) is 25.3. The van der Waals surface area contributed by atoms with Crippen molar-refractivity contribution in [2.75, 3.05) is 52.3 Å². The lowest BCUT2D eigenvalue weighted by Gasteiger charge is -2.43. The minimum Gasteiger partial charge on any atom is -0.493 e. The number of hydrogen-bond acceptors (Lipinski definition) is 4. The summed E-state index contributed by atoms with van der Waals surface area (Å²) < 4.78 is 13.0. The highest BCUT2D eigenvalue weighted by atomic mass is 79.9. The van der Waals surface area contributed by atoms with E-state index < -0.39 is 0 Å². The quantitative estimate of drug-likeness (QED) is 0.290. The molecule has 0 spiro atoms. The van der Waals surface area contributed by atoms with Crippen LogP contribution in [0.2, 0.25) is 0 Å². The fourth-order valence-corrected chi connectivity index (χ4v) is 5.72. The number of likely N-dealkylation sites (N-methyl/N-ethyl adjacent to an activating group) is 1. The van der Waals surface area contributed by atoms with Gasteiger partial charge in [0.2, 0.25) is 0 Å². The highest BCUT2D eigenvalue weighted by Crippen LogP contribution is 2.37.